The number of hydrogen-bond donors (Lipinski definition) is 3. The lowest BCUT2D eigenvalue weighted by atomic mass is 9.76. The van der Waals surface area contributed by atoms with Gasteiger partial charge in [0, 0.05) is 35.7 Å². The number of ether oxygens (including phenoxy) is 1. The second-order valence-corrected chi connectivity index (χ2v) is 10.5. The molecule has 0 saturated heterocycles. The zero-order chi connectivity index (χ0) is 24.1. The number of fused-ring (bicyclic) bond motifs is 3. The third kappa shape index (κ3) is 3.63. The van der Waals surface area contributed by atoms with E-state index in [1.807, 2.05) is 24.3 Å². The topological polar surface area (TPSA) is 100 Å². The van der Waals surface area contributed by atoms with Crippen LogP contribution in [0.4, 0.5) is 4.39 Å². The van der Waals surface area contributed by atoms with Crippen molar-refractivity contribution in [3.63, 3.8) is 0 Å². The van der Waals surface area contributed by atoms with Crippen LogP contribution in [-0.4, -0.2) is 45.0 Å². The van der Waals surface area contributed by atoms with Crippen molar-refractivity contribution < 1.29 is 22.3 Å². The number of rotatable bonds is 7. The van der Waals surface area contributed by atoms with Crippen molar-refractivity contribution in [3.8, 4) is 12.3 Å². The molecule has 1 aliphatic heterocycles. The van der Waals surface area contributed by atoms with Gasteiger partial charge in [-0.05, 0) is 48.9 Å². The summed E-state index contributed by atoms with van der Waals surface area (Å²) in [4.78, 5) is 16.5. The van der Waals surface area contributed by atoms with Crippen molar-refractivity contribution in [2.24, 2.45) is 0 Å². The zero-order valence-electron chi connectivity index (χ0n) is 18.5. The Kier molecular flexibility index (Phi) is 5.57. The molecule has 176 valence electrons. The molecule has 0 radical (unpaired) electrons. The van der Waals surface area contributed by atoms with E-state index in [0.29, 0.717) is 12.1 Å². The van der Waals surface area contributed by atoms with Crippen molar-refractivity contribution in [2.75, 3.05) is 13.7 Å². The van der Waals surface area contributed by atoms with Gasteiger partial charge in [0.1, 0.15) is 5.82 Å². The van der Waals surface area contributed by atoms with E-state index in [4.69, 9.17) is 11.2 Å². The molecule has 5 rings (SSSR count). The van der Waals surface area contributed by atoms with Crippen LogP contribution in [0.15, 0.2) is 47.4 Å². The van der Waals surface area contributed by atoms with Crippen molar-refractivity contribution in [1.29, 1.82) is 0 Å². The highest BCUT2D eigenvalue weighted by molar-refractivity contribution is 7.89. The number of nitrogens with one attached hydrogen (secondary N) is 3. The molecule has 3 N–H and O–H groups in total. The summed E-state index contributed by atoms with van der Waals surface area (Å²) < 4.78 is 48.9. The molecule has 0 amide bonds. The van der Waals surface area contributed by atoms with Crippen molar-refractivity contribution in [3.05, 3.63) is 65.1 Å². The highest BCUT2D eigenvalue weighted by atomic mass is 32.2. The number of carbonyl (C=O) groups excluding carboxylic acids is 1. The number of halogens is 1. The minimum Gasteiger partial charge on any atom is -0.383 e. The molecule has 2 aromatic carbocycles. The Hall–Kier alpha value is -3.03. The number of carbonyl (C=O) groups is 1. The quantitative estimate of drug-likeness (QED) is 0.355. The van der Waals surface area contributed by atoms with E-state index >= 15 is 4.39 Å². The molecule has 9 heteroatoms. The second-order valence-electron chi connectivity index (χ2n) is 8.79. The van der Waals surface area contributed by atoms with Gasteiger partial charge in [0.05, 0.1) is 17.2 Å². The number of ketones is 1. The molecule has 0 bridgehead atoms. The van der Waals surface area contributed by atoms with Crippen LogP contribution in [0.1, 0.15) is 29.7 Å². The summed E-state index contributed by atoms with van der Waals surface area (Å²) in [5, 5.41) is 4.15. The van der Waals surface area contributed by atoms with Crippen LogP contribution in [0.5, 0.6) is 0 Å². The average Bonchev–Trinajstić information content (AvgIpc) is 3.54. The molecule has 1 saturated carbocycles. The van der Waals surface area contributed by atoms with Gasteiger partial charge < -0.3 is 9.72 Å². The summed E-state index contributed by atoms with van der Waals surface area (Å²) in [6.45, 7) is 0.262. The van der Waals surface area contributed by atoms with Crippen LogP contribution < -0.4 is 10.0 Å². The minimum atomic E-state index is -3.88. The Balaban J connectivity index is 1.72. The van der Waals surface area contributed by atoms with Gasteiger partial charge in [0.15, 0.2) is 5.54 Å². The molecule has 0 unspecified atom stereocenters. The van der Waals surface area contributed by atoms with Gasteiger partial charge in [-0.1, -0.05) is 24.3 Å². The Morgan fingerprint density at radius 1 is 1.29 bits per heavy atom. The lowest BCUT2D eigenvalue weighted by molar-refractivity contribution is -0.119. The van der Waals surface area contributed by atoms with Crippen LogP contribution in [-0.2, 0) is 31.5 Å². The van der Waals surface area contributed by atoms with E-state index in [1.54, 1.807) is 7.11 Å². The minimum absolute atomic E-state index is 0.0468. The Morgan fingerprint density at radius 3 is 2.74 bits per heavy atom. The largest absolute Gasteiger partial charge is 0.383 e. The van der Waals surface area contributed by atoms with Crippen LogP contribution in [0.2, 0.25) is 0 Å². The molecule has 2 aliphatic rings. The fourth-order valence-electron chi connectivity index (χ4n) is 4.79. The normalized spacial score (nSPS) is 22.3. The van der Waals surface area contributed by atoms with Crippen molar-refractivity contribution in [2.45, 2.75) is 41.8 Å². The van der Waals surface area contributed by atoms with Gasteiger partial charge in [-0.25, -0.2) is 17.5 Å². The first-order chi connectivity index (χ1) is 16.3. The van der Waals surface area contributed by atoms with E-state index in [2.05, 4.69) is 20.9 Å². The number of Topliss-reactive ketones (excluding diaryl/α,β-unsaturated/α-hetero) is 1. The number of para-hydroxylation sites is 1. The summed E-state index contributed by atoms with van der Waals surface area (Å²) in [7, 11) is -2.33. The zero-order valence-corrected chi connectivity index (χ0v) is 19.3. The van der Waals surface area contributed by atoms with Crippen LogP contribution >= 0.6 is 0 Å². The van der Waals surface area contributed by atoms with E-state index in [9.17, 15) is 13.2 Å². The molecule has 1 aromatic heterocycles. The average molecular weight is 482 g/mol. The molecule has 2 heterocycles. The predicted molar refractivity (Wildman–Crippen MR) is 125 cm³/mol. The van der Waals surface area contributed by atoms with Crippen molar-refractivity contribution >= 4 is 26.7 Å². The van der Waals surface area contributed by atoms with Gasteiger partial charge >= 0.3 is 0 Å². The lowest BCUT2D eigenvalue weighted by Crippen LogP contribution is -2.59. The molecule has 1 aliphatic carbocycles. The maximum Gasteiger partial charge on any atom is 0.240 e. The summed E-state index contributed by atoms with van der Waals surface area (Å²) in [6.07, 6.45) is 7.64. The molecule has 34 heavy (non-hydrogen) atoms. The van der Waals surface area contributed by atoms with E-state index in [-0.39, 0.29) is 29.1 Å². The van der Waals surface area contributed by atoms with Crippen LogP contribution in [0.3, 0.4) is 0 Å². The number of terminal acetylenes is 1. The van der Waals surface area contributed by atoms with Crippen LogP contribution in [0.25, 0.3) is 10.9 Å². The summed E-state index contributed by atoms with van der Waals surface area (Å²) in [6, 6.07) is 10.7. The number of benzene rings is 2. The molecule has 7 nitrogen and oxygen atoms in total. The standard InChI is InChI=1S/C25H24FN3O4S/c1-3-23(30)25(20-11-10-17(13-21(20)26)34(31,32)29-15-8-9-15)24-19(12-16(28-25)14-33-2)18-6-4-5-7-22(18)27-24/h1,4-7,10-11,13,15-16,27-29H,8-9,12,14H2,2H3/t16-,25-/m1/s1. The number of hydrogen-bond acceptors (Lipinski definition) is 5. The lowest BCUT2D eigenvalue weighted by Gasteiger charge is -2.40. The Labute approximate surface area is 197 Å². The molecular formula is C25H24FN3O4S. The highest BCUT2D eigenvalue weighted by Crippen LogP contribution is 2.41. The number of H-pyrrole nitrogens is 1. The predicted octanol–water partition coefficient (Wildman–Crippen LogP) is 2.35. The summed E-state index contributed by atoms with van der Waals surface area (Å²) in [5.74, 6) is 0.631. The fourth-order valence-corrected chi connectivity index (χ4v) is 6.10. The maximum atomic E-state index is 15.7. The maximum absolute atomic E-state index is 15.7. The van der Waals surface area contributed by atoms with Gasteiger partial charge in [-0.3, -0.25) is 10.1 Å². The second kappa shape index (κ2) is 8.32. The summed E-state index contributed by atoms with van der Waals surface area (Å²) >= 11 is 0. The first-order valence-corrected chi connectivity index (χ1v) is 12.5. The number of aromatic nitrogens is 1. The number of sulfonamides is 1. The van der Waals surface area contributed by atoms with Gasteiger partial charge in [-0.2, -0.15) is 0 Å². The smallest absolute Gasteiger partial charge is 0.240 e. The molecule has 0 spiro atoms. The van der Waals surface area contributed by atoms with E-state index < -0.39 is 27.2 Å². The Bertz CT molecular complexity index is 1440. The molecule has 2 atom stereocenters. The first-order valence-electron chi connectivity index (χ1n) is 11.0. The third-order valence-corrected chi connectivity index (χ3v) is 7.97. The van der Waals surface area contributed by atoms with E-state index in [1.165, 1.54) is 12.1 Å². The van der Waals surface area contributed by atoms with Gasteiger partial charge in [0.2, 0.25) is 15.8 Å². The number of methoxy groups -OCH3 is 1. The highest BCUT2D eigenvalue weighted by Gasteiger charge is 2.50. The number of aromatic amines is 1. The molecular weight excluding hydrogens is 457 g/mol. The third-order valence-electron chi connectivity index (χ3n) is 6.45. The van der Waals surface area contributed by atoms with Gasteiger partial charge in [-0.15, -0.1) is 6.42 Å². The fraction of sp³-hybridized carbons (Fsp3) is 0.320. The SMILES string of the molecule is C#CC(=O)[C@@]1(c2ccc(S(=O)(=O)NC3CC3)cc2F)N[C@@H](COC)Cc2c1[nH]c1ccccc21. The van der Waals surface area contributed by atoms with Gasteiger partial charge in [0.25, 0.3) is 0 Å². The van der Waals surface area contributed by atoms with Crippen molar-refractivity contribution in [1.82, 2.24) is 15.0 Å². The summed E-state index contributed by atoms with van der Waals surface area (Å²) in [5.41, 5.74) is 0.297. The Morgan fingerprint density at radius 2 is 2.06 bits per heavy atom. The van der Waals surface area contributed by atoms with Crippen LogP contribution in [0, 0.1) is 18.2 Å². The van der Waals surface area contributed by atoms with E-state index in [0.717, 1.165) is 35.4 Å². The molecule has 1 fully saturated rings. The first kappa shape index (κ1) is 22.7. The monoisotopic (exact) mass is 481 g/mol. The molecule has 3 aromatic rings.